The largest absolute Gasteiger partial charge is 0.460 e. The molecule has 1 fully saturated rings. The van der Waals surface area contributed by atoms with Crippen LogP contribution in [0.5, 0.6) is 0 Å². The van der Waals surface area contributed by atoms with E-state index < -0.39 is 5.41 Å². The van der Waals surface area contributed by atoms with Crippen molar-refractivity contribution in [2.45, 2.75) is 102 Å². The number of aromatic amines is 1. The van der Waals surface area contributed by atoms with E-state index in [1.807, 2.05) is 48.5 Å². The third-order valence-corrected chi connectivity index (χ3v) is 9.26. The molecule has 1 aliphatic carbocycles. The lowest BCUT2D eigenvalue weighted by Gasteiger charge is -2.30. The summed E-state index contributed by atoms with van der Waals surface area (Å²) in [6, 6.07) is 15.9. The number of esters is 1. The molecular weight excluding hydrogens is 637 g/mol. The van der Waals surface area contributed by atoms with Crippen LogP contribution in [0, 0.1) is 9.75 Å². The lowest BCUT2D eigenvalue weighted by molar-refractivity contribution is -0.153. The SMILES string of the molecule is CCCCCCCCCC1CCCC(C(=O)OCc2ccccc2)(c2cccc(-c3nc(I)nc4[nH]ncc34)n2)CC1. The number of H-pyrrole nitrogens is 1. The molecule has 5 rings (SSSR count). The Morgan fingerprint density at radius 2 is 1.76 bits per heavy atom. The number of rotatable bonds is 13. The predicted molar refractivity (Wildman–Crippen MR) is 175 cm³/mol. The summed E-state index contributed by atoms with van der Waals surface area (Å²) in [6.45, 7) is 2.53. The zero-order valence-electron chi connectivity index (χ0n) is 24.7. The Morgan fingerprint density at radius 1 is 0.952 bits per heavy atom. The number of ether oxygens (including phenoxy) is 1. The number of aromatic nitrogens is 5. The van der Waals surface area contributed by atoms with Crippen molar-refractivity contribution in [1.82, 2.24) is 25.1 Å². The van der Waals surface area contributed by atoms with Crippen LogP contribution in [0.3, 0.4) is 0 Å². The number of benzene rings is 1. The van der Waals surface area contributed by atoms with Crippen LogP contribution >= 0.6 is 22.6 Å². The number of fused-ring (bicyclic) bond motifs is 1. The van der Waals surface area contributed by atoms with E-state index in [0.717, 1.165) is 60.1 Å². The molecule has 0 saturated heterocycles. The van der Waals surface area contributed by atoms with Crippen molar-refractivity contribution in [3.63, 3.8) is 0 Å². The zero-order valence-corrected chi connectivity index (χ0v) is 26.8. The van der Waals surface area contributed by atoms with Crippen LogP contribution in [-0.4, -0.2) is 31.1 Å². The number of nitrogens with zero attached hydrogens (tertiary/aromatic N) is 4. The molecule has 1 aromatic carbocycles. The summed E-state index contributed by atoms with van der Waals surface area (Å²) in [7, 11) is 0. The normalized spacial score (nSPS) is 19.0. The standard InChI is InChI=1S/C34H42IN5O2/c1-2-3-4-5-6-7-9-14-25-17-13-21-34(22-20-25,32(41)42-24-26-15-10-8-11-16-26)29-19-12-18-28(37-29)30-27-23-36-40-31(27)39-33(35)38-30/h8,10-12,15-16,18-19,23,25H,2-7,9,13-14,17,20-22,24H2,1H3,(H,36,38,39,40). The fraction of sp³-hybridized carbons (Fsp3) is 0.500. The second kappa shape index (κ2) is 15.0. The van der Waals surface area contributed by atoms with Gasteiger partial charge in [0.15, 0.2) is 9.48 Å². The quantitative estimate of drug-likeness (QED) is 0.0500. The van der Waals surface area contributed by atoms with Gasteiger partial charge in [-0.3, -0.25) is 9.89 Å². The van der Waals surface area contributed by atoms with E-state index in [2.05, 4.69) is 44.7 Å². The van der Waals surface area contributed by atoms with Crippen molar-refractivity contribution in [2.75, 3.05) is 0 Å². The monoisotopic (exact) mass is 679 g/mol. The van der Waals surface area contributed by atoms with Crippen molar-refractivity contribution >= 4 is 39.6 Å². The summed E-state index contributed by atoms with van der Waals surface area (Å²) in [5.41, 5.74) is 3.11. The van der Waals surface area contributed by atoms with Crippen LogP contribution in [0.1, 0.15) is 102 Å². The van der Waals surface area contributed by atoms with Gasteiger partial charge in [-0.1, -0.05) is 108 Å². The maximum atomic E-state index is 14.1. The van der Waals surface area contributed by atoms with Gasteiger partial charge in [0.05, 0.1) is 23.0 Å². The maximum Gasteiger partial charge on any atom is 0.318 e. The Labute approximate surface area is 262 Å². The summed E-state index contributed by atoms with van der Waals surface area (Å²) in [5, 5.41) is 7.93. The molecule has 1 aliphatic rings. The van der Waals surface area contributed by atoms with E-state index in [0.29, 0.717) is 15.4 Å². The summed E-state index contributed by atoms with van der Waals surface area (Å²) < 4.78 is 6.68. The third-order valence-electron chi connectivity index (χ3n) is 8.78. The molecule has 222 valence electrons. The van der Waals surface area contributed by atoms with Gasteiger partial charge in [-0.15, -0.1) is 0 Å². The molecule has 0 radical (unpaired) electrons. The number of carbonyl (C=O) groups excluding carboxylic acids is 1. The van der Waals surface area contributed by atoms with Gasteiger partial charge in [0.2, 0.25) is 0 Å². The van der Waals surface area contributed by atoms with Crippen molar-refractivity contribution in [3.05, 3.63) is 69.8 Å². The topological polar surface area (TPSA) is 93.7 Å². The molecule has 0 spiro atoms. The van der Waals surface area contributed by atoms with Gasteiger partial charge in [-0.05, 0) is 42.9 Å². The van der Waals surface area contributed by atoms with Gasteiger partial charge < -0.3 is 4.74 Å². The number of hydrogen-bond acceptors (Lipinski definition) is 6. The summed E-state index contributed by atoms with van der Waals surface area (Å²) in [4.78, 5) is 28.4. The molecule has 1 saturated carbocycles. The van der Waals surface area contributed by atoms with Gasteiger partial charge in [0, 0.05) is 22.6 Å². The van der Waals surface area contributed by atoms with Gasteiger partial charge >= 0.3 is 5.97 Å². The van der Waals surface area contributed by atoms with Crippen LogP contribution < -0.4 is 0 Å². The average Bonchev–Trinajstić information content (AvgIpc) is 3.38. The van der Waals surface area contributed by atoms with Gasteiger partial charge in [-0.25, -0.2) is 15.0 Å². The van der Waals surface area contributed by atoms with Gasteiger partial charge in [0.25, 0.3) is 0 Å². The van der Waals surface area contributed by atoms with Crippen LogP contribution in [0.4, 0.5) is 0 Å². The van der Waals surface area contributed by atoms with E-state index in [1.165, 1.54) is 51.4 Å². The number of nitrogens with one attached hydrogen (secondary N) is 1. The van der Waals surface area contributed by atoms with Crippen LogP contribution in [0.2, 0.25) is 0 Å². The van der Waals surface area contributed by atoms with Crippen molar-refractivity contribution in [2.24, 2.45) is 5.92 Å². The Hall–Kier alpha value is -2.88. The fourth-order valence-corrected chi connectivity index (χ4v) is 6.84. The second-order valence-electron chi connectivity index (χ2n) is 11.7. The second-order valence-corrected chi connectivity index (χ2v) is 12.7. The minimum atomic E-state index is -0.782. The summed E-state index contributed by atoms with van der Waals surface area (Å²) in [6.07, 6.45) is 16.9. The molecule has 3 aromatic heterocycles. The van der Waals surface area contributed by atoms with E-state index >= 15 is 0 Å². The molecule has 2 atom stereocenters. The molecule has 8 heteroatoms. The highest BCUT2D eigenvalue weighted by Gasteiger charge is 2.44. The first-order chi connectivity index (χ1) is 20.6. The van der Waals surface area contributed by atoms with E-state index in [-0.39, 0.29) is 12.6 Å². The smallest absolute Gasteiger partial charge is 0.318 e. The number of hydrogen-bond donors (Lipinski definition) is 1. The fourth-order valence-electron chi connectivity index (χ4n) is 6.35. The number of carbonyl (C=O) groups is 1. The number of pyridine rings is 1. The maximum absolute atomic E-state index is 14.1. The lowest BCUT2D eigenvalue weighted by atomic mass is 9.76. The Kier molecular flexibility index (Phi) is 10.9. The Morgan fingerprint density at radius 3 is 2.60 bits per heavy atom. The average molecular weight is 680 g/mol. The van der Waals surface area contributed by atoms with E-state index in [1.54, 1.807) is 6.20 Å². The van der Waals surface area contributed by atoms with Crippen LogP contribution in [0.15, 0.2) is 54.7 Å². The predicted octanol–water partition coefficient (Wildman–Crippen LogP) is 8.72. The lowest BCUT2D eigenvalue weighted by Crippen LogP contribution is -2.38. The number of halogens is 1. The van der Waals surface area contributed by atoms with Crippen LogP contribution in [0.25, 0.3) is 22.4 Å². The Bertz CT molecular complexity index is 1440. The van der Waals surface area contributed by atoms with Gasteiger partial charge in [0.1, 0.15) is 17.7 Å². The first-order valence-corrected chi connectivity index (χ1v) is 16.7. The first kappa shape index (κ1) is 30.6. The Balaban J connectivity index is 1.37. The van der Waals surface area contributed by atoms with E-state index in [4.69, 9.17) is 14.7 Å². The molecule has 4 aromatic rings. The first-order valence-electron chi connectivity index (χ1n) is 15.6. The molecule has 42 heavy (non-hydrogen) atoms. The van der Waals surface area contributed by atoms with Crippen molar-refractivity contribution < 1.29 is 9.53 Å². The van der Waals surface area contributed by atoms with Crippen LogP contribution in [-0.2, 0) is 21.6 Å². The highest BCUT2D eigenvalue weighted by atomic mass is 127. The molecular formula is C34H42IN5O2. The molecule has 0 bridgehead atoms. The third kappa shape index (κ3) is 7.54. The zero-order chi connectivity index (χ0) is 29.2. The molecule has 1 N–H and O–H groups in total. The van der Waals surface area contributed by atoms with Gasteiger partial charge in [-0.2, -0.15) is 5.10 Å². The van der Waals surface area contributed by atoms with Crippen molar-refractivity contribution in [1.29, 1.82) is 0 Å². The molecule has 3 heterocycles. The summed E-state index contributed by atoms with van der Waals surface area (Å²) in [5.74, 6) is 0.472. The van der Waals surface area contributed by atoms with E-state index in [9.17, 15) is 4.79 Å². The molecule has 7 nitrogen and oxygen atoms in total. The molecule has 0 aliphatic heterocycles. The summed E-state index contributed by atoms with van der Waals surface area (Å²) >= 11 is 2.12. The minimum Gasteiger partial charge on any atom is -0.460 e. The number of unbranched alkanes of at least 4 members (excludes halogenated alkanes) is 6. The highest BCUT2D eigenvalue weighted by Crippen LogP contribution is 2.42. The molecule has 2 unspecified atom stereocenters. The van der Waals surface area contributed by atoms with Crippen molar-refractivity contribution in [3.8, 4) is 11.4 Å². The minimum absolute atomic E-state index is 0.168. The molecule has 0 amide bonds. The highest BCUT2D eigenvalue weighted by molar-refractivity contribution is 14.1.